The Bertz CT molecular complexity index is 736. The molecule has 1 fully saturated rings. The van der Waals surface area contributed by atoms with Crippen LogP contribution < -0.4 is 10.1 Å². The van der Waals surface area contributed by atoms with Crippen molar-refractivity contribution < 1.29 is 14.6 Å². The molecular formula is C19H23N3O3. The highest BCUT2D eigenvalue weighted by Gasteiger charge is 2.30. The average molecular weight is 341 g/mol. The molecule has 132 valence electrons. The Morgan fingerprint density at radius 3 is 2.76 bits per heavy atom. The van der Waals surface area contributed by atoms with Crippen molar-refractivity contribution in [3.8, 4) is 11.5 Å². The second-order valence-corrected chi connectivity index (χ2v) is 6.64. The second-order valence-electron chi connectivity index (χ2n) is 6.64. The number of aromatic nitrogens is 2. The first-order valence-corrected chi connectivity index (χ1v) is 8.52. The van der Waals surface area contributed by atoms with Crippen LogP contribution in [0, 0.1) is 5.92 Å². The van der Waals surface area contributed by atoms with Gasteiger partial charge < -0.3 is 15.2 Å². The zero-order valence-corrected chi connectivity index (χ0v) is 14.5. The van der Waals surface area contributed by atoms with Crippen LogP contribution in [0.4, 0.5) is 0 Å². The quantitative estimate of drug-likeness (QED) is 0.893. The van der Waals surface area contributed by atoms with Crippen LogP contribution in [0.15, 0.2) is 36.7 Å². The number of amides is 1. The molecule has 25 heavy (non-hydrogen) atoms. The maximum atomic E-state index is 12.5. The number of hydrogen-bond donors (Lipinski definition) is 2. The molecule has 3 unspecified atom stereocenters. The first-order chi connectivity index (χ1) is 12.1. The SMILES string of the molecule is COc1ccnc(C(=O)NC2CC(C)CC(c3ccccn3)C2)c1O. The van der Waals surface area contributed by atoms with Crippen LogP contribution in [0.5, 0.6) is 11.5 Å². The van der Waals surface area contributed by atoms with E-state index in [1.54, 1.807) is 6.20 Å². The van der Waals surface area contributed by atoms with Crippen LogP contribution in [0.1, 0.15) is 48.3 Å². The number of nitrogens with one attached hydrogen (secondary N) is 1. The minimum absolute atomic E-state index is 0.00744. The van der Waals surface area contributed by atoms with Crippen molar-refractivity contribution >= 4 is 5.91 Å². The van der Waals surface area contributed by atoms with Gasteiger partial charge in [0, 0.05) is 36.1 Å². The van der Waals surface area contributed by atoms with E-state index in [1.807, 2.05) is 18.2 Å². The van der Waals surface area contributed by atoms with Crippen LogP contribution in [-0.2, 0) is 0 Å². The molecule has 1 aliphatic carbocycles. The zero-order valence-electron chi connectivity index (χ0n) is 14.5. The fourth-order valence-electron chi connectivity index (χ4n) is 3.60. The molecule has 2 N–H and O–H groups in total. The number of methoxy groups -OCH3 is 1. The molecule has 0 bridgehead atoms. The van der Waals surface area contributed by atoms with Crippen molar-refractivity contribution in [2.45, 2.75) is 38.1 Å². The normalized spacial score (nSPS) is 23.0. The monoisotopic (exact) mass is 341 g/mol. The average Bonchev–Trinajstić information content (AvgIpc) is 2.62. The zero-order chi connectivity index (χ0) is 17.8. The van der Waals surface area contributed by atoms with Gasteiger partial charge in [0.25, 0.3) is 5.91 Å². The molecule has 6 heteroatoms. The lowest BCUT2D eigenvalue weighted by atomic mass is 9.78. The molecule has 0 saturated heterocycles. The van der Waals surface area contributed by atoms with Crippen molar-refractivity contribution in [3.05, 3.63) is 48.0 Å². The topological polar surface area (TPSA) is 84.3 Å². The molecule has 0 aromatic carbocycles. The summed E-state index contributed by atoms with van der Waals surface area (Å²) in [5.74, 6) is 0.437. The highest BCUT2D eigenvalue weighted by atomic mass is 16.5. The van der Waals surface area contributed by atoms with Gasteiger partial charge in [0.2, 0.25) is 0 Å². The van der Waals surface area contributed by atoms with E-state index < -0.39 is 0 Å². The number of carbonyl (C=O) groups excluding carboxylic acids is 1. The third-order valence-corrected chi connectivity index (χ3v) is 4.71. The number of nitrogens with zero attached hydrogens (tertiary/aromatic N) is 2. The van der Waals surface area contributed by atoms with Crippen LogP contribution in [0.3, 0.4) is 0 Å². The van der Waals surface area contributed by atoms with Crippen molar-refractivity contribution in [2.75, 3.05) is 7.11 Å². The summed E-state index contributed by atoms with van der Waals surface area (Å²) in [6, 6.07) is 7.48. The molecule has 3 atom stereocenters. The number of hydrogen-bond acceptors (Lipinski definition) is 5. The van der Waals surface area contributed by atoms with Crippen molar-refractivity contribution in [3.63, 3.8) is 0 Å². The van der Waals surface area contributed by atoms with Gasteiger partial charge in [-0.2, -0.15) is 0 Å². The maximum Gasteiger partial charge on any atom is 0.274 e. The molecular weight excluding hydrogens is 318 g/mol. The van der Waals surface area contributed by atoms with Crippen molar-refractivity contribution in [1.29, 1.82) is 0 Å². The fraction of sp³-hybridized carbons (Fsp3) is 0.421. The predicted octanol–water partition coefficient (Wildman–Crippen LogP) is 2.89. The fourth-order valence-corrected chi connectivity index (χ4v) is 3.60. The van der Waals surface area contributed by atoms with Gasteiger partial charge in [-0.1, -0.05) is 13.0 Å². The Labute approximate surface area is 147 Å². The van der Waals surface area contributed by atoms with Gasteiger partial charge in [0.05, 0.1) is 7.11 Å². The lowest BCUT2D eigenvalue weighted by molar-refractivity contribution is 0.0908. The lowest BCUT2D eigenvalue weighted by Gasteiger charge is -2.33. The number of pyridine rings is 2. The van der Waals surface area contributed by atoms with Gasteiger partial charge >= 0.3 is 0 Å². The highest BCUT2D eigenvalue weighted by molar-refractivity contribution is 5.95. The van der Waals surface area contributed by atoms with Gasteiger partial charge in [-0.05, 0) is 37.3 Å². The van der Waals surface area contributed by atoms with Crippen molar-refractivity contribution in [1.82, 2.24) is 15.3 Å². The van der Waals surface area contributed by atoms with Gasteiger partial charge in [-0.25, -0.2) is 4.98 Å². The molecule has 1 saturated carbocycles. The minimum atomic E-state index is -0.379. The summed E-state index contributed by atoms with van der Waals surface area (Å²) in [5, 5.41) is 13.1. The maximum absolute atomic E-state index is 12.5. The largest absolute Gasteiger partial charge is 0.503 e. The first-order valence-electron chi connectivity index (χ1n) is 8.52. The number of ether oxygens (including phenoxy) is 1. The second kappa shape index (κ2) is 7.51. The van der Waals surface area contributed by atoms with E-state index in [4.69, 9.17) is 4.74 Å². The summed E-state index contributed by atoms with van der Waals surface area (Å²) in [6.07, 6.45) is 6.05. The minimum Gasteiger partial charge on any atom is -0.503 e. The Hall–Kier alpha value is -2.63. The van der Waals surface area contributed by atoms with E-state index in [0.717, 1.165) is 25.0 Å². The summed E-state index contributed by atoms with van der Waals surface area (Å²) in [7, 11) is 1.44. The van der Waals surface area contributed by atoms with Gasteiger partial charge in [0.1, 0.15) is 0 Å². The lowest BCUT2D eigenvalue weighted by Crippen LogP contribution is -2.40. The highest BCUT2D eigenvalue weighted by Crippen LogP contribution is 2.35. The summed E-state index contributed by atoms with van der Waals surface area (Å²) in [6.45, 7) is 2.19. The molecule has 0 radical (unpaired) electrons. The smallest absolute Gasteiger partial charge is 0.274 e. The first kappa shape index (κ1) is 17.2. The van der Waals surface area contributed by atoms with Gasteiger partial charge in [-0.3, -0.25) is 9.78 Å². The Morgan fingerprint density at radius 1 is 1.20 bits per heavy atom. The van der Waals surface area contributed by atoms with E-state index >= 15 is 0 Å². The van der Waals surface area contributed by atoms with Crippen molar-refractivity contribution in [2.24, 2.45) is 5.92 Å². The van der Waals surface area contributed by atoms with E-state index in [2.05, 4.69) is 22.2 Å². The predicted molar refractivity (Wildman–Crippen MR) is 93.7 cm³/mol. The Balaban J connectivity index is 1.72. The molecule has 1 aliphatic rings. The van der Waals surface area contributed by atoms with Crippen LogP contribution in [0.2, 0.25) is 0 Å². The molecule has 0 spiro atoms. The summed E-state index contributed by atoms with van der Waals surface area (Å²) < 4.78 is 5.04. The number of aromatic hydroxyl groups is 1. The Kier molecular flexibility index (Phi) is 5.16. The van der Waals surface area contributed by atoms with E-state index in [9.17, 15) is 9.90 Å². The standard InChI is InChI=1S/C19H23N3O3/c1-12-9-13(15-5-3-4-7-20-15)11-14(10-12)22-19(24)17-18(23)16(25-2)6-8-21-17/h3-8,12-14,23H,9-11H2,1-2H3,(H,22,24). The molecule has 6 nitrogen and oxygen atoms in total. The number of rotatable bonds is 4. The summed E-state index contributed by atoms with van der Waals surface area (Å²) >= 11 is 0. The molecule has 2 aromatic rings. The van der Waals surface area contributed by atoms with E-state index in [-0.39, 0.29) is 29.1 Å². The Morgan fingerprint density at radius 2 is 2.04 bits per heavy atom. The number of carbonyl (C=O) groups is 1. The van der Waals surface area contributed by atoms with E-state index in [0.29, 0.717) is 11.8 Å². The van der Waals surface area contributed by atoms with Gasteiger partial charge in [-0.15, -0.1) is 0 Å². The van der Waals surface area contributed by atoms with Crippen LogP contribution in [-0.4, -0.2) is 34.1 Å². The van der Waals surface area contributed by atoms with Crippen LogP contribution >= 0.6 is 0 Å². The summed E-state index contributed by atoms with van der Waals surface area (Å²) in [4.78, 5) is 21.0. The summed E-state index contributed by atoms with van der Waals surface area (Å²) in [5.41, 5.74) is 1.06. The molecule has 1 amide bonds. The molecule has 2 aromatic heterocycles. The third-order valence-electron chi connectivity index (χ3n) is 4.71. The molecule has 3 rings (SSSR count). The molecule has 0 aliphatic heterocycles. The van der Waals surface area contributed by atoms with Crippen LogP contribution in [0.25, 0.3) is 0 Å². The van der Waals surface area contributed by atoms with Gasteiger partial charge in [0.15, 0.2) is 17.2 Å². The molecule has 2 heterocycles. The van der Waals surface area contributed by atoms with E-state index in [1.165, 1.54) is 19.4 Å². The third kappa shape index (κ3) is 3.90.